The molecule has 0 saturated carbocycles. The molecule has 0 aliphatic carbocycles. The van der Waals surface area contributed by atoms with E-state index in [2.05, 4.69) is 34.4 Å². The summed E-state index contributed by atoms with van der Waals surface area (Å²) in [5.74, 6) is 0.578. The molecule has 0 saturated heterocycles. The average Bonchev–Trinajstić information content (AvgIpc) is 2.66. The highest BCUT2D eigenvalue weighted by molar-refractivity contribution is 5.82. The first kappa shape index (κ1) is 20.7. The van der Waals surface area contributed by atoms with Crippen molar-refractivity contribution < 1.29 is 13.8 Å². The summed E-state index contributed by atoms with van der Waals surface area (Å²) in [5.41, 5.74) is 3.04. The summed E-state index contributed by atoms with van der Waals surface area (Å²) in [7, 11) is 0. The van der Waals surface area contributed by atoms with Gasteiger partial charge in [-0.1, -0.05) is 29.9 Å². The number of hydrogen-bond acceptors (Lipinski definition) is 6. The summed E-state index contributed by atoms with van der Waals surface area (Å²) in [6.07, 6.45) is 7.81. The first-order valence-electron chi connectivity index (χ1n) is 9.39. The van der Waals surface area contributed by atoms with Crippen LogP contribution in [-0.4, -0.2) is 42.7 Å². The summed E-state index contributed by atoms with van der Waals surface area (Å²) < 4.78 is 4.87. The van der Waals surface area contributed by atoms with Gasteiger partial charge in [0.15, 0.2) is 0 Å². The van der Waals surface area contributed by atoms with Crippen LogP contribution >= 0.6 is 0 Å². The first-order chi connectivity index (χ1) is 13.0. The van der Waals surface area contributed by atoms with Crippen molar-refractivity contribution in [3.05, 3.63) is 54.3 Å². The van der Waals surface area contributed by atoms with Gasteiger partial charge in [-0.15, -0.1) is 0 Å². The van der Waals surface area contributed by atoms with Crippen molar-refractivity contribution in [1.29, 1.82) is 0 Å². The fourth-order valence-corrected chi connectivity index (χ4v) is 2.85. The van der Waals surface area contributed by atoms with E-state index in [4.69, 9.17) is 4.74 Å². The molecule has 152 valence electrons. The van der Waals surface area contributed by atoms with E-state index in [0.29, 0.717) is 6.61 Å². The normalized spacial score (nSPS) is 17.6. The smallest absolute Gasteiger partial charge is 0.330 e. The molecule has 6 nitrogen and oxygen atoms in total. The summed E-state index contributed by atoms with van der Waals surface area (Å²) in [6, 6.07) is 4.51. The number of carbonyl (C=O) groups is 1. The lowest BCUT2D eigenvalue weighted by Gasteiger charge is -2.32. The Kier molecular flexibility index (Phi) is 8.07. The van der Waals surface area contributed by atoms with Gasteiger partial charge in [0.2, 0.25) is 0 Å². The van der Waals surface area contributed by atoms with Crippen molar-refractivity contribution in [2.75, 3.05) is 30.3 Å². The lowest BCUT2D eigenvalue weighted by Crippen LogP contribution is -2.48. The number of ether oxygens (including phenoxy) is 1. The molecule has 1 aromatic heterocycles. The first-order valence-corrected chi connectivity index (χ1v) is 9.39. The predicted octanol–water partition coefficient (Wildman–Crippen LogP) is 4.02. The molecule has 0 fully saturated rings. The van der Waals surface area contributed by atoms with Gasteiger partial charge < -0.3 is 20.7 Å². The molecular weight excluding hydrogens is 340 g/mol. The Labute approximate surface area is 166 Å². The van der Waals surface area contributed by atoms with E-state index in [0.717, 1.165) is 42.2 Å². The van der Waals surface area contributed by atoms with Crippen LogP contribution in [0.2, 0.25) is 0 Å². The fourth-order valence-electron chi connectivity index (χ4n) is 2.85. The molecule has 3 N–H and O–H groups in total. The number of allylic oxidation sites excluding steroid dienone is 3. The van der Waals surface area contributed by atoms with E-state index < -0.39 is 0 Å². The molecule has 1 aromatic rings. The van der Waals surface area contributed by atoms with Crippen molar-refractivity contribution in [3.8, 4) is 0 Å². The monoisotopic (exact) mass is 376 g/mol. The third kappa shape index (κ3) is 6.90. The third-order valence-corrected chi connectivity index (χ3v) is 4.36. The molecule has 0 unspecified atom stereocenters. The minimum Gasteiger partial charge on any atom is -0.463 e. The average molecular weight is 377 g/mol. The number of esters is 1. The second-order valence-corrected chi connectivity index (χ2v) is 6.66. The Morgan fingerprint density at radius 3 is 3.15 bits per heavy atom. The largest absolute Gasteiger partial charge is 0.463 e. The summed E-state index contributed by atoms with van der Waals surface area (Å²) >= 11 is 0. The molecule has 0 bridgehead atoms. The van der Waals surface area contributed by atoms with E-state index in [1.165, 1.54) is 6.08 Å². The van der Waals surface area contributed by atoms with Gasteiger partial charge in [0.05, 0.1) is 18.3 Å². The Hall–Kier alpha value is -2.60. The third-order valence-electron chi connectivity index (χ3n) is 4.36. The van der Waals surface area contributed by atoms with Crippen LogP contribution in [0.4, 0.5) is 11.5 Å². The highest BCUT2D eigenvalue weighted by atomic mass is 16.5. The quantitative estimate of drug-likeness (QED) is 0.343. The highest BCUT2D eigenvalue weighted by Crippen LogP contribution is 2.23. The molecule has 2 heterocycles. The standard InChI is InChI=1S/C21H30N4O2.3H2/c1-5-27-20(26)9-8-15(2)13-16(3)10-12-22-17(4)19-14-24-18-7-6-11-23-21(18)25-19;;;/h6-9,11,13,17,19,22,24H,3,5,10,12,14H2,1-2,4H3,(H,23,25);3*1H/b9-8+,15-13+;;;/t17-,19-;;;/m1.../s1. The van der Waals surface area contributed by atoms with Crippen LogP contribution in [0, 0.1) is 0 Å². The number of fused-ring (bicyclic) bond motifs is 1. The Bertz CT molecular complexity index is 726. The van der Waals surface area contributed by atoms with Crippen LogP contribution in [0.15, 0.2) is 54.3 Å². The second-order valence-electron chi connectivity index (χ2n) is 6.66. The van der Waals surface area contributed by atoms with Gasteiger partial charge in [-0.25, -0.2) is 9.78 Å². The molecule has 0 radical (unpaired) electrons. The molecule has 0 amide bonds. The number of hydrogen-bond donors (Lipinski definition) is 3. The molecule has 1 aliphatic heterocycles. The highest BCUT2D eigenvalue weighted by Gasteiger charge is 2.22. The number of nitrogens with zero attached hydrogens (tertiary/aromatic N) is 1. The second kappa shape index (κ2) is 10.5. The lowest BCUT2D eigenvalue weighted by atomic mass is 10.1. The van der Waals surface area contributed by atoms with Gasteiger partial charge >= 0.3 is 5.97 Å². The van der Waals surface area contributed by atoms with Crippen molar-refractivity contribution in [3.63, 3.8) is 0 Å². The van der Waals surface area contributed by atoms with Crippen molar-refractivity contribution in [1.82, 2.24) is 10.3 Å². The van der Waals surface area contributed by atoms with E-state index in [1.807, 2.05) is 25.1 Å². The fraction of sp³-hybridized carbons (Fsp3) is 0.429. The molecular formula is C21H36N4O2. The predicted molar refractivity (Wildman–Crippen MR) is 117 cm³/mol. The zero-order valence-electron chi connectivity index (χ0n) is 16.4. The Morgan fingerprint density at radius 1 is 1.56 bits per heavy atom. The number of anilines is 2. The van der Waals surface area contributed by atoms with Gasteiger partial charge in [-0.2, -0.15) is 0 Å². The summed E-state index contributed by atoms with van der Waals surface area (Å²) in [5, 5.41) is 10.4. The Morgan fingerprint density at radius 2 is 2.37 bits per heavy atom. The lowest BCUT2D eigenvalue weighted by molar-refractivity contribution is -0.137. The molecule has 0 spiro atoms. The number of rotatable bonds is 9. The zero-order chi connectivity index (χ0) is 19.6. The van der Waals surface area contributed by atoms with Gasteiger partial charge in [0, 0.05) is 29.1 Å². The van der Waals surface area contributed by atoms with Crippen LogP contribution in [-0.2, 0) is 9.53 Å². The van der Waals surface area contributed by atoms with Crippen molar-refractivity contribution >= 4 is 17.5 Å². The maximum Gasteiger partial charge on any atom is 0.330 e. The van der Waals surface area contributed by atoms with E-state index in [1.54, 1.807) is 19.2 Å². The molecule has 2 rings (SSSR count). The molecule has 0 aromatic carbocycles. The number of pyridine rings is 1. The van der Waals surface area contributed by atoms with Crippen molar-refractivity contribution in [2.24, 2.45) is 0 Å². The van der Waals surface area contributed by atoms with Crippen LogP contribution < -0.4 is 16.0 Å². The van der Waals surface area contributed by atoms with Gasteiger partial charge in [0.1, 0.15) is 5.82 Å². The number of aromatic nitrogens is 1. The van der Waals surface area contributed by atoms with Gasteiger partial charge in [0.25, 0.3) is 0 Å². The van der Waals surface area contributed by atoms with Crippen LogP contribution in [0.3, 0.4) is 0 Å². The van der Waals surface area contributed by atoms with Crippen LogP contribution in [0.5, 0.6) is 0 Å². The Balaban J connectivity index is 0. The van der Waals surface area contributed by atoms with Crippen molar-refractivity contribution in [2.45, 2.75) is 39.3 Å². The minimum atomic E-state index is -0.323. The number of carbonyl (C=O) groups excluding carboxylic acids is 1. The maximum atomic E-state index is 11.3. The SMILES string of the molecule is C=C(/C=C(C)/C=C/C(=O)OCC)CCN[C@H](C)[C@H]1CNc2cccnc2N1.[HH].[HH].[HH]. The molecule has 6 heteroatoms. The zero-order valence-corrected chi connectivity index (χ0v) is 16.4. The number of nitrogens with one attached hydrogen (secondary N) is 3. The summed E-state index contributed by atoms with van der Waals surface area (Å²) in [4.78, 5) is 15.7. The van der Waals surface area contributed by atoms with Crippen LogP contribution in [0.1, 0.15) is 31.5 Å². The molecule has 1 aliphatic rings. The van der Waals surface area contributed by atoms with Gasteiger partial charge in [-0.3, -0.25) is 0 Å². The van der Waals surface area contributed by atoms with E-state index >= 15 is 0 Å². The van der Waals surface area contributed by atoms with Gasteiger partial charge in [-0.05, 0) is 45.9 Å². The van der Waals surface area contributed by atoms with E-state index in [9.17, 15) is 4.79 Å². The van der Waals surface area contributed by atoms with Crippen LogP contribution in [0.25, 0.3) is 0 Å². The minimum absolute atomic E-state index is 0. The summed E-state index contributed by atoms with van der Waals surface area (Å²) in [6.45, 7) is 12.1. The topological polar surface area (TPSA) is 75.3 Å². The maximum absolute atomic E-state index is 11.3. The van der Waals surface area contributed by atoms with E-state index in [-0.39, 0.29) is 22.3 Å². The molecule has 27 heavy (non-hydrogen) atoms. The molecule has 2 atom stereocenters.